The average Bonchev–Trinajstić information content (AvgIpc) is 2.37. The Kier molecular flexibility index (Phi) is 4.86. The molecule has 0 aliphatic heterocycles. The maximum absolute atomic E-state index is 6.11. The molecular weight excluding hydrogens is 326 g/mol. The lowest BCUT2D eigenvalue weighted by Crippen LogP contribution is -2.08. The van der Waals surface area contributed by atoms with Crippen LogP contribution in [0.4, 0.5) is 0 Å². The van der Waals surface area contributed by atoms with Gasteiger partial charge < -0.3 is 10.5 Å². The molecular formula is C15H15BrClNO. The van der Waals surface area contributed by atoms with Crippen molar-refractivity contribution in [3.63, 3.8) is 0 Å². The SMILES string of the molecule is CC(N)c1ccc(Br)cc1OCc1ccccc1Cl. The molecule has 2 aromatic carbocycles. The van der Waals surface area contributed by atoms with Gasteiger partial charge in [0.15, 0.2) is 0 Å². The number of rotatable bonds is 4. The molecule has 0 aliphatic carbocycles. The molecule has 0 spiro atoms. The van der Waals surface area contributed by atoms with Gasteiger partial charge >= 0.3 is 0 Å². The fourth-order valence-corrected chi connectivity index (χ4v) is 2.31. The van der Waals surface area contributed by atoms with Crippen LogP contribution in [0.15, 0.2) is 46.9 Å². The molecule has 4 heteroatoms. The number of ether oxygens (including phenoxy) is 1. The van der Waals surface area contributed by atoms with E-state index in [0.29, 0.717) is 11.6 Å². The minimum Gasteiger partial charge on any atom is -0.488 e. The topological polar surface area (TPSA) is 35.2 Å². The second-order valence-electron chi connectivity index (χ2n) is 4.35. The Hall–Kier alpha value is -1.03. The molecule has 2 N–H and O–H groups in total. The molecule has 0 aromatic heterocycles. The Morgan fingerprint density at radius 3 is 2.68 bits per heavy atom. The Bertz CT molecular complexity index is 572. The number of benzene rings is 2. The normalized spacial score (nSPS) is 12.2. The van der Waals surface area contributed by atoms with Gasteiger partial charge in [-0.05, 0) is 25.1 Å². The van der Waals surface area contributed by atoms with Crippen LogP contribution in [-0.4, -0.2) is 0 Å². The monoisotopic (exact) mass is 339 g/mol. The van der Waals surface area contributed by atoms with E-state index in [0.717, 1.165) is 21.3 Å². The molecule has 100 valence electrons. The standard InChI is InChI=1S/C15H15BrClNO/c1-10(18)13-7-6-12(16)8-15(13)19-9-11-4-2-3-5-14(11)17/h2-8,10H,9,18H2,1H3. The van der Waals surface area contributed by atoms with Gasteiger partial charge in [0.2, 0.25) is 0 Å². The zero-order valence-electron chi connectivity index (χ0n) is 10.6. The molecule has 1 unspecified atom stereocenters. The van der Waals surface area contributed by atoms with Crippen LogP contribution in [-0.2, 0) is 6.61 Å². The minimum absolute atomic E-state index is 0.0747. The van der Waals surface area contributed by atoms with Gasteiger partial charge in [-0.15, -0.1) is 0 Å². The fourth-order valence-electron chi connectivity index (χ4n) is 1.78. The highest BCUT2D eigenvalue weighted by Gasteiger charge is 2.09. The first-order valence-corrected chi connectivity index (χ1v) is 7.16. The van der Waals surface area contributed by atoms with Crippen molar-refractivity contribution in [2.45, 2.75) is 19.6 Å². The lowest BCUT2D eigenvalue weighted by Gasteiger charge is -2.15. The summed E-state index contributed by atoms with van der Waals surface area (Å²) in [5.41, 5.74) is 7.88. The van der Waals surface area contributed by atoms with Crippen LogP contribution in [0, 0.1) is 0 Å². The Morgan fingerprint density at radius 2 is 2.00 bits per heavy atom. The molecule has 2 rings (SSSR count). The molecule has 0 radical (unpaired) electrons. The quantitative estimate of drug-likeness (QED) is 0.875. The van der Waals surface area contributed by atoms with Crippen LogP contribution < -0.4 is 10.5 Å². The first-order chi connectivity index (χ1) is 9.08. The van der Waals surface area contributed by atoms with Gasteiger partial charge in [0.05, 0.1) is 0 Å². The molecule has 19 heavy (non-hydrogen) atoms. The highest BCUT2D eigenvalue weighted by atomic mass is 79.9. The highest BCUT2D eigenvalue weighted by Crippen LogP contribution is 2.29. The second kappa shape index (κ2) is 6.42. The van der Waals surface area contributed by atoms with E-state index in [4.69, 9.17) is 22.1 Å². The van der Waals surface area contributed by atoms with Crippen LogP contribution >= 0.6 is 27.5 Å². The smallest absolute Gasteiger partial charge is 0.125 e. The van der Waals surface area contributed by atoms with Crippen LogP contribution in [0.1, 0.15) is 24.1 Å². The first kappa shape index (κ1) is 14.4. The van der Waals surface area contributed by atoms with Crippen molar-refractivity contribution in [1.82, 2.24) is 0 Å². The van der Waals surface area contributed by atoms with E-state index in [-0.39, 0.29) is 6.04 Å². The van der Waals surface area contributed by atoms with Gasteiger partial charge in [0.25, 0.3) is 0 Å². The lowest BCUT2D eigenvalue weighted by atomic mass is 10.1. The van der Waals surface area contributed by atoms with Crippen molar-refractivity contribution in [2.24, 2.45) is 5.73 Å². The van der Waals surface area contributed by atoms with Crippen molar-refractivity contribution in [1.29, 1.82) is 0 Å². The number of halogens is 2. The van der Waals surface area contributed by atoms with Crippen LogP contribution in [0.3, 0.4) is 0 Å². The molecule has 0 saturated heterocycles. The van der Waals surface area contributed by atoms with E-state index < -0.39 is 0 Å². The van der Waals surface area contributed by atoms with E-state index in [1.54, 1.807) is 0 Å². The third kappa shape index (κ3) is 3.72. The third-order valence-electron chi connectivity index (χ3n) is 2.81. The van der Waals surface area contributed by atoms with Gasteiger partial charge in [0.1, 0.15) is 12.4 Å². The molecule has 1 atom stereocenters. The van der Waals surface area contributed by atoms with E-state index in [2.05, 4.69) is 15.9 Å². The lowest BCUT2D eigenvalue weighted by molar-refractivity contribution is 0.301. The maximum Gasteiger partial charge on any atom is 0.125 e. The molecule has 0 amide bonds. The van der Waals surface area contributed by atoms with E-state index >= 15 is 0 Å². The Balaban J connectivity index is 2.19. The summed E-state index contributed by atoms with van der Waals surface area (Å²) in [4.78, 5) is 0. The Labute approximate surface area is 126 Å². The molecule has 2 aromatic rings. The highest BCUT2D eigenvalue weighted by molar-refractivity contribution is 9.10. The summed E-state index contributed by atoms with van der Waals surface area (Å²) >= 11 is 9.55. The van der Waals surface area contributed by atoms with Crippen molar-refractivity contribution in [3.8, 4) is 5.75 Å². The maximum atomic E-state index is 6.11. The van der Waals surface area contributed by atoms with E-state index in [1.165, 1.54) is 0 Å². The third-order valence-corrected chi connectivity index (χ3v) is 3.67. The number of hydrogen-bond acceptors (Lipinski definition) is 2. The van der Waals surface area contributed by atoms with Crippen LogP contribution in [0.5, 0.6) is 5.75 Å². The van der Waals surface area contributed by atoms with Gasteiger partial charge in [0, 0.05) is 26.7 Å². The summed E-state index contributed by atoms with van der Waals surface area (Å²) in [5, 5.41) is 0.708. The summed E-state index contributed by atoms with van der Waals surface area (Å²) in [6.07, 6.45) is 0. The fraction of sp³-hybridized carbons (Fsp3) is 0.200. The molecule has 2 nitrogen and oxygen atoms in total. The largest absolute Gasteiger partial charge is 0.488 e. The molecule has 0 fully saturated rings. The molecule has 0 bridgehead atoms. The minimum atomic E-state index is -0.0747. The zero-order chi connectivity index (χ0) is 13.8. The van der Waals surface area contributed by atoms with Crippen molar-refractivity contribution >= 4 is 27.5 Å². The zero-order valence-corrected chi connectivity index (χ0v) is 12.9. The van der Waals surface area contributed by atoms with Gasteiger partial charge in [-0.25, -0.2) is 0 Å². The predicted molar refractivity (Wildman–Crippen MR) is 82.5 cm³/mol. The van der Waals surface area contributed by atoms with E-state index in [1.807, 2.05) is 49.4 Å². The van der Waals surface area contributed by atoms with Crippen molar-refractivity contribution in [3.05, 3.63) is 63.1 Å². The number of nitrogens with two attached hydrogens (primary N) is 1. The van der Waals surface area contributed by atoms with Gasteiger partial charge in [-0.1, -0.05) is 51.8 Å². The van der Waals surface area contributed by atoms with Crippen molar-refractivity contribution < 1.29 is 4.74 Å². The number of hydrogen-bond donors (Lipinski definition) is 1. The molecule has 0 aliphatic rings. The summed E-state index contributed by atoms with van der Waals surface area (Å²) < 4.78 is 6.82. The van der Waals surface area contributed by atoms with Crippen LogP contribution in [0.2, 0.25) is 5.02 Å². The first-order valence-electron chi connectivity index (χ1n) is 5.99. The summed E-state index contributed by atoms with van der Waals surface area (Å²) in [6.45, 7) is 2.36. The summed E-state index contributed by atoms with van der Waals surface area (Å²) in [7, 11) is 0. The summed E-state index contributed by atoms with van der Waals surface area (Å²) in [6, 6.07) is 13.4. The van der Waals surface area contributed by atoms with Crippen LogP contribution in [0.25, 0.3) is 0 Å². The van der Waals surface area contributed by atoms with Crippen molar-refractivity contribution in [2.75, 3.05) is 0 Å². The Morgan fingerprint density at radius 1 is 1.26 bits per heavy atom. The van der Waals surface area contributed by atoms with Gasteiger partial charge in [-0.3, -0.25) is 0 Å². The van der Waals surface area contributed by atoms with Gasteiger partial charge in [-0.2, -0.15) is 0 Å². The molecule has 0 saturated carbocycles. The predicted octanol–water partition coefficient (Wildman–Crippen LogP) is 4.70. The molecule has 0 heterocycles. The summed E-state index contributed by atoms with van der Waals surface area (Å²) in [5.74, 6) is 0.782. The van der Waals surface area contributed by atoms with E-state index in [9.17, 15) is 0 Å². The average molecular weight is 341 g/mol. The second-order valence-corrected chi connectivity index (χ2v) is 5.67.